The predicted octanol–water partition coefficient (Wildman–Crippen LogP) is 2.18. The quantitative estimate of drug-likeness (QED) is 0.749. The summed E-state index contributed by atoms with van der Waals surface area (Å²) in [6, 6.07) is 7.89. The minimum Gasteiger partial charge on any atom is -0.314 e. The third-order valence-electron chi connectivity index (χ3n) is 3.55. The standard InChI is InChI=1S/C16H24N2O2S/c1-13(2)12-18(3)21(19,20)16-8-4-14(5-9-16)10-11-17-15-6-7-15/h4-5,8-9,15,17H,1,6-7,10-12H2,2-3H3. The molecule has 0 radical (unpaired) electrons. The highest BCUT2D eigenvalue weighted by atomic mass is 32.2. The van der Waals surface area contributed by atoms with Crippen LogP contribution in [0.5, 0.6) is 0 Å². The molecule has 5 heteroatoms. The fourth-order valence-corrected chi connectivity index (χ4v) is 3.41. The van der Waals surface area contributed by atoms with Crippen LogP contribution in [0.1, 0.15) is 25.3 Å². The van der Waals surface area contributed by atoms with Gasteiger partial charge in [-0.1, -0.05) is 24.3 Å². The van der Waals surface area contributed by atoms with E-state index in [1.807, 2.05) is 19.1 Å². The molecule has 1 aliphatic rings. The molecule has 0 aliphatic heterocycles. The lowest BCUT2D eigenvalue weighted by molar-refractivity contribution is 0.493. The van der Waals surface area contributed by atoms with Crippen LogP contribution in [0.2, 0.25) is 0 Å². The molecule has 1 N–H and O–H groups in total. The first-order chi connectivity index (χ1) is 9.89. The first-order valence-electron chi connectivity index (χ1n) is 7.32. The van der Waals surface area contributed by atoms with Crippen molar-refractivity contribution in [3.8, 4) is 0 Å². The topological polar surface area (TPSA) is 49.4 Å². The molecule has 0 saturated heterocycles. The maximum Gasteiger partial charge on any atom is 0.243 e. The van der Waals surface area contributed by atoms with Crippen LogP contribution in [-0.2, 0) is 16.4 Å². The van der Waals surface area contributed by atoms with E-state index < -0.39 is 10.0 Å². The molecule has 1 aromatic carbocycles. The van der Waals surface area contributed by atoms with Crippen LogP contribution in [0.15, 0.2) is 41.3 Å². The summed E-state index contributed by atoms with van der Waals surface area (Å²) in [7, 11) is -1.84. The number of nitrogens with one attached hydrogen (secondary N) is 1. The fourth-order valence-electron chi connectivity index (χ4n) is 2.18. The molecule has 0 unspecified atom stereocenters. The van der Waals surface area contributed by atoms with Gasteiger partial charge in [0, 0.05) is 19.6 Å². The monoisotopic (exact) mass is 308 g/mol. The van der Waals surface area contributed by atoms with Crippen molar-refractivity contribution < 1.29 is 8.42 Å². The Morgan fingerprint density at radius 2 is 1.95 bits per heavy atom. The van der Waals surface area contributed by atoms with Gasteiger partial charge in [0.15, 0.2) is 0 Å². The lowest BCUT2D eigenvalue weighted by Crippen LogP contribution is -2.28. The van der Waals surface area contributed by atoms with E-state index in [9.17, 15) is 8.42 Å². The van der Waals surface area contributed by atoms with E-state index in [0.29, 0.717) is 17.5 Å². The van der Waals surface area contributed by atoms with Crippen molar-refractivity contribution in [3.63, 3.8) is 0 Å². The number of nitrogens with zero attached hydrogens (tertiary/aromatic N) is 1. The number of benzene rings is 1. The lowest BCUT2D eigenvalue weighted by atomic mass is 10.1. The Bertz CT molecular complexity index is 589. The molecular weight excluding hydrogens is 284 g/mol. The molecule has 0 spiro atoms. The summed E-state index contributed by atoms with van der Waals surface area (Å²) < 4.78 is 26.1. The SMILES string of the molecule is C=C(C)CN(C)S(=O)(=O)c1ccc(CCNC2CC2)cc1. The molecule has 1 fully saturated rings. The van der Waals surface area contributed by atoms with E-state index in [1.54, 1.807) is 19.2 Å². The third-order valence-corrected chi connectivity index (χ3v) is 5.37. The van der Waals surface area contributed by atoms with Gasteiger partial charge in [-0.15, -0.1) is 0 Å². The molecule has 0 amide bonds. The molecular formula is C16H24N2O2S. The third kappa shape index (κ3) is 4.66. The van der Waals surface area contributed by atoms with Gasteiger partial charge >= 0.3 is 0 Å². The number of hydrogen-bond donors (Lipinski definition) is 1. The maximum atomic E-state index is 12.4. The second kappa shape index (κ2) is 6.73. The second-order valence-corrected chi connectivity index (χ2v) is 7.89. The number of hydrogen-bond acceptors (Lipinski definition) is 3. The van der Waals surface area contributed by atoms with Crippen LogP contribution in [0.25, 0.3) is 0 Å². The number of likely N-dealkylation sites (N-methyl/N-ethyl adjacent to an activating group) is 1. The zero-order valence-electron chi connectivity index (χ0n) is 12.8. The first kappa shape index (κ1) is 16.2. The van der Waals surface area contributed by atoms with Gasteiger partial charge in [-0.25, -0.2) is 8.42 Å². The molecule has 0 bridgehead atoms. The Hall–Kier alpha value is -1.17. The summed E-state index contributed by atoms with van der Waals surface area (Å²) in [5.41, 5.74) is 1.98. The minimum atomic E-state index is -3.42. The van der Waals surface area contributed by atoms with Crippen LogP contribution >= 0.6 is 0 Å². The molecule has 0 aromatic heterocycles. The van der Waals surface area contributed by atoms with Gasteiger partial charge in [0.2, 0.25) is 10.0 Å². The summed E-state index contributed by atoms with van der Waals surface area (Å²) in [4.78, 5) is 0.338. The van der Waals surface area contributed by atoms with Gasteiger partial charge in [-0.3, -0.25) is 0 Å². The Labute approximate surface area is 127 Å². The van der Waals surface area contributed by atoms with Crippen molar-refractivity contribution in [1.82, 2.24) is 9.62 Å². The van der Waals surface area contributed by atoms with Crippen molar-refractivity contribution >= 4 is 10.0 Å². The van der Waals surface area contributed by atoms with Gasteiger partial charge in [-0.05, 0) is 50.4 Å². The van der Waals surface area contributed by atoms with E-state index in [2.05, 4.69) is 11.9 Å². The first-order valence-corrected chi connectivity index (χ1v) is 8.76. The summed E-state index contributed by atoms with van der Waals surface area (Å²) in [6.45, 7) is 6.87. The highest BCUT2D eigenvalue weighted by Gasteiger charge is 2.21. The van der Waals surface area contributed by atoms with Crippen molar-refractivity contribution in [1.29, 1.82) is 0 Å². The number of rotatable bonds is 8. The van der Waals surface area contributed by atoms with E-state index in [1.165, 1.54) is 17.1 Å². The van der Waals surface area contributed by atoms with Crippen molar-refractivity contribution in [3.05, 3.63) is 42.0 Å². The highest BCUT2D eigenvalue weighted by molar-refractivity contribution is 7.89. The predicted molar refractivity (Wildman–Crippen MR) is 85.8 cm³/mol. The van der Waals surface area contributed by atoms with Crippen molar-refractivity contribution in [2.45, 2.75) is 37.1 Å². The van der Waals surface area contributed by atoms with Crippen LogP contribution in [0, 0.1) is 0 Å². The average Bonchev–Trinajstić information content (AvgIpc) is 3.22. The number of sulfonamides is 1. The Balaban J connectivity index is 1.97. The van der Waals surface area contributed by atoms with Crippen LogP contribution in [-0.4, -0.2) is 38.9 Å². The van der Waals surface area contributed by atoms with Gasteiger partial charge in [0.25, 0.3) is 0 Å². The largest absolute Gasteiger partial charge is 0.314 e. The van der Waals surface area contributed by atoms with Crippen molar-refractivity contribution in [2.75, 3.05) is 20.1 Å². The zero-order chi connectivity index (χ0) is 15.5. The maximum absolute atomic E-state index is 12.4. The van der Waals surface area contributed by atoms with Crippen molar-refractivity contribution in [2.24, 2.45) is 0 Å². The summed E-state index contributed by atoms with van der Waals surface area (Å²) in [5.74, 6) is 0. The summed E-state index contributed by atoms with van der Waals surface area (Å²) in [5, 5.41) is 3.45. The zero-order valence-corrected chi connectivity index (χ0v) is 13.6. The molecule has 1 aliphatic carbocycles. The van der Waals surface area contributed by atoms with Crippen LogP contribution in [0.3, 0.4) is 0 Å². The molecule has 4 nitrogen and oxygen atoms in total. The normalized spacial score (nSPS) is 15.4. The van der Waals surface area contributed by atoms with E-state index in [4.69, 9.17) is 0 Å². The van der Waals surface area contributed by atoms with Gasteiger partial charge in [0.1, 0.15) is 0 Å². The van der Waals surface area contributed by atoms with Gasteiger partial charge in [-0.2, -0.15) is 4.31 Å². The van der Waals surface area contributed by atoms with Gasteiger partial charge in [0.05, 0.1) is 4.90 Å². The van der Waals surface area contributed by atoms with Gasteiger partial charge < -0.3 is 5.32 Å². The summed E-state index contributed by atoms with van der Waals surface area (Å²) in [6.07, 6.45) is 3.50. The van der Waals surface area contributed by atoms with E-state index in [0.717, 1.165) is 24.1 Å². The molecule has 0 heterocycles. The van der Waals surface area contributed by atoms with E-state index >= 15 is 0 Å². The molecule has 21 heavy (non-hydrogen) atoms. The fraction of sp³-hybridized carbons (Fsp3) is 0.500. The Morgan fingerprint density at radius 3 is 2.48 bits per heavy atom. The minimum absolute atomic E-state index is 0.338. The molecule has 116 valence electrons. The highest BCUT2D eigenvalue weighted by Crippen LogP contribution is 2.19. The molecule has 1 saturated carbocycles. The van der Waals surface area contributed by atoms with Crippen LogP contribution < -0.4 is 5.32 Å². The van der Waals surface area contributed by atoms with E-state index in [-0.39, 0.29) is 0 Å². The summed E-state index contributed by atoms with van der Waals surface area (Å²) >= 11 is 0. The lowest BCUT2D eigenvalue weighted by Gasteiger charge is -2.17. The second-order valence-electron chi connectivity index (χ2n) is 5.84. The molecule has 1 aromatic rings. The average molecular weight is 308 g/mol. The molecule has 0 atom stereocenters. The smallest absolute Gasteiger partial charge is 0.243 e. The molecule has 2 rings (SSSR count). The Morgan fingerprint density at radius 1 is 1.33 bits per heavy atom. The Kier molecular flexibility index (Phi) is 5.19. The van der Waals surface area contributed by atoms with Crippen LogP contribution in [0.4, 0.5) is 0 Å².